The lowest BCUT2D eigenvalue weighted by molar-refractivity contribution is -0.138. The average molecular weight is 637 g/mol. The average Bonchev–Trinajstić information content (AvgIpc) is 3.38. The van der Waals surface area contributed by atoms with Crippen molar-refractivity contribution >= 4 is 34.4 Å². The molecule has 6 rings (SSSR count). The molecule has 46 heavy (non-hydrogen) atoms. The fraction of sp³-hybridized carbons (Fsp3) is 0.438. The molecule has 3 heterocycles. The van der Waals surface area contributed by atoms with Gasteiger partial charge in [0.2, 0.25) is 5.95 Å². The fourth-order valence-corrected chi connectivity index (χ4v) is 6.09. The molecular formula is C32H39F3N10O. The van der Waals surface area contributed by atoms with Gasteiger partial charge in [-0.3, -0.25) is 14.9 Å². The first-order valence-electron chi connectivity index (χ1n) is 15.5. The Hall–Kier alpha value is -4.27. The highest BCUT2D eigenvalue weighted by atomic mass is 19.4. The first-order valence-corrected chi connectivity index (χ1v) is 15.5. The van der Waals surface area contributed by atoms with Crippen molar-refractivity contribution in [3.05, 3.63) is 59.8 Å². The number of aryl methyl sites for hydroxylation is 1. The summed E-state index contributed by atoms with van der Waals surface area (Å²) in [4.78, 5) is 26.1. The minimum absolute atomic E-state index is 0.0403. The van der Waals surface area contributed by atoms with Crippen molar-refractivity contribution in [1.82, 2.24) is 29.5 Å². The largest absolute Gasteiger partial charge is 0.416 e. The molecule has 0 radical (unpaired) electrons. The number of benzene rings is 2. The van der Waals surface area contributed by atoms with Gasteiger partial charge in [-0.2, -0.15) is 18.3 Å². The van der Waals surface area contributed by atoms with Crippen LogP contribution in [-0.4, -0.2) is 80.9 Å². The van der Waals surface area contributed by atoms with Gasteiger partial charge in [-0.25, -0.2) is 14.8 Å². The maximum atomic E-state index is 14.0. The molecule has 1 aliphatic heterocycles. The molecule has 11 nitrogen and oxygen atoms in total. The Morgan fingerprint density at radius 1 is 0.978 bits per heavy atom. The minimum Gasteiger partial charge on any atom is -0.351 e. The molecular weight excluding hydrogens is 597 g/mol. The number of likely N-dealkylation sites (N-methyl/N-ethyl adjacent to an activating group) is 1. The van der Waals surface area contributed by atoms with Crippen LogP contribution in [0.2, 0.25) is 0 Å². The van der Waals surface area contributed by atoms with Gasteiger partial charge < -0.3 is 21.3 Å². The number of amides is 2. The maximum Gasteiger partial charge on any atom is 0.416 e. The van der Waals surface area contributed by atoms with E-state index in [1.54, 1.807) is 24.0 Å². The molecule has 2 aromatic heterocycles. The number of piperazine rings is 1. The summed E-state index contributed by atoms with van der Waals surface area (Å²) in [6.07, 6.45) is 1.18. The van der Waals surface area contributed by atoms with Crippen LogP contribution >= 0.6 is 0 Å². The molecule has 2 aromatic carbocycles. The monoisotopic (exact) mass is 636 g/mol. The van der Waals surface area contributed by atoms with Crippen molar-refractivity contribution in [2.45, 2.75) is 50.5 Å². The van der Waals surface area contributed by atoms with Crippen molar-refractivity contribution in [1.29, 1.82) is 0 Å². The maximum absolute atomic E-state index is 14.0. The number of fused-ring (bicyclic) bond motifs is 1. The first kappa shape index (κ1) is 31.7. The van der Waals surface area contributed by atoms with Gasteiger partial charge in [-0.15, -0.1) is 0 Å². The molecule has 5 N–H and O–H groups in total. The number of anilines is 3. The standard InChI is InChI=1S/C32H39F3N10O/c1-43-11-13-45(14-12-43)19-21-3-7-25(16-26(21)32(33,34)35)39-31(46)41-29-17-28(44(2)42-29)20-4-10-27-22(15-20)18-37-30(40-27)38-24-8-5-23(36)6-9-24/h3-4,7,10,15-18,23-24H,5-6,8-9,11-14,19,36H2,1-2H3,(H,37,38,40)(H2,39,41,42,46). The van der Waals surface area contributed by atoms with Gasteiger partial charge in [0.05, 0.1) is 16.8 Å². The zero-order valence-corrected chi connectivity index (χ0v) is 25.9. The van der Waals surface area contributed by atoms with E-state index in [1.165, 1.54) is 12.1 Å². The van der Waals surface area contributed by atoms with E-state index < -0.39 is 17.8 Å². The van der Waals surface area contributed by atoms with Crippen LogP contribution in [0.25, 0.3) is 22.2 Å². The number of aromatic nitrogens is 4. The molecule has 0 unspecified atom stereocenters. The number of urea groups is 1. The molecule has 0 bridgehead atoms. The summed E-state index contributed by atoms with van der Waals surface area (Å²) in [7, 11) is 3.74. The third-order valence-corrected chi connectivity index (χ3v) is 8.77. The van der Waals surface area contributed by atoms with Crippen LogP contribution in [0, 0.1) is 0 Å². The molecule has 1 aliphatic carbocycles. The number of alkyl halides is 3. The second-order valence-corrected chi connectivity index (χ2v) is 12.3. The molecule has 2 amide bonds. The van der Waals surface area contributed by atoms with E-state index in [1.807, 2.05) is 30.1 Å². The predicted octanol–water partition coefficient (Wildman–Crippen LogP) is 5.12. The molecule has 14 heteroatoms. The van der Waals surface area contributed by atoms with Gasteiger partial charge in [0.25, 0.3) is 0 Å². The number of rotatable bonds is 7. The van der Waals surface area contributed by atoms with Crippen molar-refractivity contribution in [2.24, 2.45) is 12.8 Å². The normalized spacial score (nSPS) is 19.7. The predicted molar refractivity (Wildman–Crippen MR) is 172 cm³/mol. The number of hydrogen-bond acceptors (Lipinski definition) is 8. The molecule has 1 saturated carbocycles. The number of nitrogens with two attached hydrogens (primary N) is 1. The lowest BCUT2D eigenvalue weighted by atomic mass is 9.92. The van der Waals surface area contributed by atoms with Gasteiger partial charge >= 0.3 is 12.2 Å². The molecule has 0 spiro atoms. The Kier molecular flexibility index (Phi) is 9.11. The van der Waals surface area contributed by atoms with Crippen molar-refractivity contribution in [3.8, 4) is 11.3 Å². The SMILES string of the molecule is CN1CCN(Cc2ccc(NC(=O)Nc3cc(-c4ccc5nc(NC6CCC(N)CC6)ncc5c4)n(C)n3)cc2C(F)(F)F)CC1. The molecule has 244 valence electrons. The summed E-state index contributed by atoms with van der Waals surface area (Å²) < 4.78 is 43.6. The fourth-order valence-electron chi connectivity index (χ4n) is 6.09. The third-order valence-electron chi connectivity index (χ3n) is 8.77. The Morgan fingerprint density at radius 3 is 2.48 bits per heavy atom. The topological polar surface area (TPSA) is 129 Å². The van der Waals surface area contributed by atoms with Gasteiger partial charge in [-0.1, -0.05) is 12.1 Å². The molecule has 0 atom stereocenters. The lowest BCUT2D eigenvalue weighted by Crippen LogP contribution is -2.44. The number of nitrogens with one attached hydrogen (secondary N) is 3. The summed E-state index contributed by atoms with van der Waals surface area (Å²) >= 11 is 0. The van der Waals surface area contributed by atoms with E-state index >= 15 is 0 Å². The zero-order valence-electron chi connectivity index (χ0n) is 25.9. The van der Waals surface area contributed by atoms with Crippen molar-refractivity contribution in [3.63, 3.8) is 0 Å². The highest BCUT2D eigenvalue weighted by Gasteiger charge is 2.34. The van der Waals surface area contributed by atoms with Crippen LogP contribution < -0.4 is 21.7 Å². The van der Waals surface area contributed by atoms with E-state index in [-0.39, 0.29) is 29.7 Å². The number of nitrogens with zero attached hydrogens (tertiary/aromatic N) is 6. The van der Waals surface area contributed by atoms with Gasteiger partial charge in [0, 0.05) is 80.8 Å². The summed E-state index contributed by atoms with van der Waals surface area (Å²) in [5.41, 5.74) is 7.84. The van der Waals surface area contributed by atoms with Crippen LogP contribution in [0.15, 0.2) is 48.7 Å². The van der Waals surface area contributed by atoms with Crippen LogP contribution in [-0.2, 0) is 19.8 Å². The second kappa shape index (κ2) is 13.2. The Bertz CT molecular complexity index is 1690. The third kappa shape index (κ3) is 7.57. The van der Waals surface area contributed by atoms with Gasteiger partial charge in [0.1, 0.15) is 0 Å². The van der Waals surface area contributed by atoms with Gasteiger partial charge in [0.15, 0.2) is 5.82 Å². The van der Waals surface area contributed by atoms with Crippen LogP contribution in [0.4, 0.5) is 35.4 Å². The summed E-state index contributed by atoms with van der Waals surface area (Å²) in [5.74, 6) is 0.839. The summed E-state index contributed by atoms with van der Waals surface area (Å²) in [6, 6.07) is 11.3. The van der Waals surface area contributed by atoms with E-state index in [2.05, 4.69) is 35.9 Å². The van der Waals surface area contributed by atoms with E-state index in [9.17, 15) is 18.0 Å². The minimum atomic E-state index is -4.56. The molecule has 1 saturated heterocycles. The lowest BCUT2D eigenvalue weighted by Gasteiger charge is -2.33. The van der Waals surface area contributed by atoms with Crippen LogP contribution in [0.5, 0.6) is 0 Å². The summed E-state index contributed by atoms with van der Waals surface area (Å²) in [6.45, 7) is 3.21. The van der Waals surface area contributed by atoms with E-state index in [0.717, 1.165) is 67.0 Å². The van der Waals surface area contributed by atoms with Crippen molar-refractivity contribution in [2.75, 3.05) is 49.2 Å². The smallest absolute Gasteiger partial charge is 0.351 e. The van der Waals surface area contributed by atoms with E-state index in [0.29, 0.717) is 25.1 Å². The van der Waals surface area contributed by atoms with Crippen LogP contribution in [0.3, 0.4) is 0 Å². The molecule has 2 aliphatic rings. The summed E-state index contributed by atoms with van der Waals surface area (Å²) in [5, 5.41) is 13.8. The Morgan fingerprint density at radius 2 is 1.74 bits per heavy atom. The van der Waals surface area contributed by atoms with Gasteiger partial charge in [-0.05, 0) is 62.6 Å². The Labute approximate surface area is 265 Å². The Balaban J connectivity index is 1.11. The zero-order chi connectivity index (χ0) is 32.4. The number of carbonyl (C=O) groups is 1. The molecule has 2 fully saturated rings. The van der Waals surface area contributed by atoms with E-state index in [4.69, 9.17) is 5.73 Å². The number of carbonyl (C=O) groups excluding carboxylic acids is 1. The highest BCUT2D eigenvalue weighted by Crippen LogP contribution is 2.35. The molecule has 4 aromatic rings. The highest BCUT2D eigenvalue weighted by molar-refractivity contribution is 5.99. The number of halogens is 3. The van der Waals surface area contributed by atoms with Crippen molar-refractivity contribution < 1.29 is 18.0 Å². The second-order valence-electron chi connectivity index (χ2n) is 12.3. The quantitative estimate of drug-likeness (QED) is 0.220. The first-order chi connectivity index (χ1) is 22.0. The number of hydrogen-bond donors (Lipinski definition) is 4. The van der Waals surface area contributed by atoms with Crippen LogP contribution in [0.1, 0.15) is 36.8 Å².